The van der Waals surface area contributed by atoms with Gasteiger partial charge in [-0.2, -0.15) is 0 Å². The lowest BCUT2D eigenvalue weighted by Gasteiger charge is -2.19. The second-order valence-electron chi connectivity index (χ2n) is 5.32. The Bertz CT molecular complexity index is 344. The van der Waals surface area contributed by atoms with Gasteiger partial charge in [0.1, 0.15) is 5.76 Å². The zero-order valence-corrected chi connectivity index (χ0v) is 11.2. The van der Waals surface area contributed by atoms with Gasteiger partial charge in [-0.3, -0.25) is 0 Å². The van der Waals surface area contributed by atoms with E-state index in [2.05, 4.69) is 30.3 Å². The molecule has 0 aromatic carbocycles. The van der Waals surface area contributed by atoms with E-state index in [0.29, 0.717) is 6.04 Å². The third-order valence-electron chi connectivity index (χ3n) is 3.70. The zero-order valence-electron chi connectivity index (χ0n) is 11.2. The minimum atomic E-state index is 0.694. The summed E-state index contributed by atoms with van der Waals surface area (Å²) in [6.45, 7) is 7.46. The Morgan fingerprint density at radius 1 is 1.53 bits per heavy atom. The number of furan rings is 1. The van der Waals surface area contributed by atoms with Crippen molar-refractivity contribution in [2.75, 3.05) is 20.1 Å². The normalized spacial score (nSPS) is 17.6. The molecule has 3 nitrogen and oxygen atoms in total. The summed E-state index contributed by atoms with van der Waals surface area (Å²) in [5.74, 6) is 1.98. The van der Waals surface area contributed by atoms with Gasteiger partial charge in [0.2, 0.25) is 0 Å². The van der Waals surface area contributed by atoms with Crippen LogP contribution in [0.15, 0.2) is 16.7 Å². The molecule has 0 aliphatic heterocycles. The van der Waals surface area contributed by atoms with Crippen molar-refractivity contribution in [1.82, 2.24) is 10.2 Å². The first-order chi connectivity index (χ1) is 8.16. The molecular weight excluding hydrogens is 212 g/mol. The van der Waals surface area contributed by atoms with E-state index in [1.165, 1.54) is 18.4 Å². The van der Waals surface area contributed by atoms with Gasteiger partial charge < -0.3 is 14.6 Å². The molecule has 1 saturated carbocycles. The molecule has 1 fully saturated rings. The van der Waals surface area contributed by atoms with Gasteiger partial charge in [0.25, 0.3) is 0 Å². The van der Waals surface area contributed by atoms with Gasteiger partial charge >= 0.3 is 0 Å². The van der Waals surface area contributed by atoms with Gasteiger partial charge in [0, 0.05) is 31.2 Å². The first-order valence-electron chi connectivity index (χ1n) is 6.61. The van der Waals surface area contributed by atoms with Crippen molar-refractivity contribution in [3.8, 4) is 0 Å². The molecule has 1 atom stereocenters. The first kappa shape index (κ1) is 12.7. The van der Waals surface area contributed by atoms with Crippen LogP contribution in [0.3, 0.4) is 0 Å². The van der Waals surface area contributed by atoms with Crippen LogP contribution in [-0.4, -0.2) is 31.1 Å². The van der Waals surface area contributed by atoms with Crippen molar-refractivity contribution in [2.45, 2.75) is 39.3 Å². The Morgan fingerprint density at radius 2 is 2.29 bits per heavy atom. The van der Waals surface area contributed by atoms with Crippen LogP contribution in [0.1, 0.15) is 31.1 Å². The van der Waals surface area contributed by atoms with E-state index in [9.17, 15) is 0 Å². The highest BCUT2D eigenvalue weighted by Gasteiger charge is 2.27. The average molecular weight is 236 g/mol. The van der Waals surface area contributed by atoms with Crippen LogP contribution in [0.5, 0.6) is 0 Å². The number of rotatable bonds is 7. The molecule has 1 aromatic heterocycles. The Morgan fingerprint density at radius 3 is 2.88 bits per heavy atom. The van der Waals surface area contributed by atoms with Crippen LogP contribution >= 0.6 is 0 Å². The Hall–Kier alpha value is -0.800. The third-order valence-corrected chi connectivity index (χ3v) is 3.70. The van der Waals surface area contributed by atoms with Crippen molar-refractivity contribution in [1.29, 1.82) is 0 Å². The highest BCUT2D eigenvalue weighted by atomic mass is 16.3. The third kappa shape index (κ3) is 3.86. The van der Waals surface area contributed by atoms with E-state index in [4.69, 9.17) is 4.42 Å². The lowest BCUT2D eigenvalue weighted by molar-refractivity contribution is 0.312. The summed E-state index contributed by atoms with van der Waals surface area (Å²) in [6.07, 6.45) is 4.60. The summed E-state index contributed by atoms with van der Waals surface area (Å²) in [4.78, 5) is 2.34. The maximum atomic E-state index is 5.31. The molecular formula is C14H24N2O. The molecule has 2 rings (SSSR count). The number of hydrogen-bond acceptors (Lipinski definition) is 3. The quantitative estimate of drug-likeness (QED) is 0.788. The van der Waals surface area contributed by atoms with Crippen LogP contribution in [0.2, 0.25) is 0 Å². The number of nitrogens with zero attached hydrogens (tertiary/aromatic N) is 1. The van der Waals surface area contributed by atoms with Crippen LogP contribution in [0.25, 0.3) is 0 Å². The average Bonchev–Trinajstić information content (AvgIpc) is 3.05. The molecule has 3 heteroatoms. The molecule has 0 saturated heterocycles. The van der Waals surface area contributed by atoms with E-state index in [0.717, 1.165) is 31.3 Å². The Balaban J connectivity index is 1.63. The summed E-state index contributed by atoms with van der Waals surface area (Å²) in [5, 5.41) is 3.60. The van der Waals surface area contributed by atoms with E-state index in [1.807, 2.05) is 6.92 Å². The van der Waals surface area contributed by atoms with E-state index >= 15 is 0 Å². The topological polar surface area (TPSA) is 28.4 Å². The lowest BCUT2D eigenvalue weighted by Crippen LogP contribution is -2.35. The molecule has 0 spiro atoms. The molecule has 1 aliphatic carbocycles. The number of likely N-dealkylation sites (N-methyl/N-ethyl adjacent to an activating group) is 1. The fourth-order valence-corrected chi connectivity index (χ4v) is 2.19. The lowest BCUT2D eigenvalue weighted by atomic mass is 10.2. The molecule has 0 amide bonds. The molecule has 0 radical (unpaired) electrons. The van der Waals surface area contributed by atoms with Gasteiger partial charge in [0.05, 0.1) is 6.26 Å². The maximum Gasteiger partial charge on any atom is 0.105 e. The molecule has 1 heterocycles. The fourth-order valence-electron chi connectivity index (χ4n) is 2.19. The van der Waals surface area contributed by atoms with Crippen molar-refractivity contribution in [3.05, 3.63) is 23.7 Å². The zero-order chi connectivity index (χ0) is 12.3. The number of hydrogen-bond donors (Lipinski definition) is 1. The van der Waals surface area contributed by atoms with Gasteiger partial charge in [-0.25, -0.2) is 0 Å². The predicted octanol–water partition coefficient (Wildman–Crippen LogP) is 2.41. The minimum absolute atomic E-state index is 0.694. The maximum absolute atomic E-state index is 5.31. The number of aryl methyl sites for hydroxylation is 1. The largest absolute Gasteiger partial charge is 0.469 e. The monoisotopic (exact) mass is 236 g/mol. The smallest absolute Gasteiger partial charge is 0.105 e. The Labute approximate surface area is 104 Å². The summed E-state index contributed by atoms with van der Waals surface area (Å²) >= 11 is 0. The minimum Gasteiger partial charge on any atom is -0.469 e. The SMILES string of the molecule is Cc1occc1CN(C)CCNC(C)C1CC1. The van der Waals surface area contributed by atoms with Gasteiger partial charge in [-0.1, -0.05) is 0 Å². The summed E-state index contributed by atoms with van der Waals surface area (Å²) in [6, 6.07) is 2.76. The summed E-state index contributed by atoms with van der Waals surface area (Å²) < 4.78 is 5.31. The molecule has 1 unspecified atom stereocenters. The summed E-state index contributed by atoms with van der Waals surface area (Å²) in [5.41, 5.74) is 1.29. The van der Waals surface area contributed by atoms with Crippen molar-refractivity contribution < 1.29 is 4.42 Å². The van der Waals surface area contributed by atoms with E-state index in [-0.39, 0.29) is 0 Å². The van der Waals surface area contributed by atoms with Crippen molar-refractivity contribution in [2.24, 2.45) is 5.92 Å². The van der Waals surface area contributed by atoms with Crippen LogP contribution < -0.4 is 5.32 Å². The molecule has 17 heavy (non-hydrogen) atoms. The molecule has 1 aromatic rings. The van der Waals surface area contributed by atoms with Gasteiger partial charge in [-0.05, 0) is 45.7 Å². The highest BCUT2D eigenvalue weighted by molar-refractivity contribution is 5.14. The van der Waals surface area contributed by atoms with Crippen molar-refractivity contribution in [3.63, 3.8) is 0 Å². The van der Waals surface area contributed by atoms with Crippen LogP contribution in [-0.2, 0) is 6.54 Å². The first-order valence-corrected chi connectivity index (χ1v) is 6.61. The summed E-state index contributed by atoms with van der Waals surface area (Å²) in [7, 11) is 2.16. The standard InChI is InChI=1S/C14H24N2O/c1-11(13-4-5-13)15-7-8-16(3)10-14-6-9-17-12(14)2/h6,9,11,13,15H,4-5,7-8,10H2,1-3H3. The Kier molecular flexibility index (Phi) is 4.24. The fraction of sp³-hybridized carbons (Fsp3) is 0.714. The molecule has 0 bridgehead atoms. The van der Waals surface area contributed by atoms with E-state index < -0.39 is 0 Å². The molecule has 1 N–H and O–H groups in total. The van der Waals surface area contributed by atoms with Gasteiger partial charge in [0.15, 0.2) is 0 Å². The van der Waals surface area contributed by atoms with Crippen LogP contribution in [0.4, 0.5) is 0 Å². The predicted molar refractivity (Wildman–Crippen MR) is 70.0 cm³/mol. The van der Waals surface area contributed by atoms with Gasteiger partial charge in [-0.15, -0.1) is 0 Å². The van der Waals surface area contributed by atoms with Crippen LogP contribution in [0, 0.1) is 12.8 Å². The van der Waals surface area contributed by atoms with E-state index in [1.54, 1.807) is 6.26 Å². The second kappa shape index (κ2) is 5.69. The highest BCUT2D eigenvalue weighted by Crippen LogP contribution is 2.32. The molecule has 1 aliphatic rings. The van der Waals surface area contributed by atoms with Crippen molar-refractivity contribution >= 4 is 0 Å². The number of nitrogens with one attached hydrogen (secondary N) is 1. The molecule has 96 valence electrons. The second-order valence-corrected chi connectivity index (χ2v) is 5.32.